The number of hydrogen-bond donors (Lipinski definition) is 1. The molecule has 0 amide bonds. The molecular weight excluding hydrogens is 246 g/mol. The van der Waals surface area contributed by atoms with E-state index >= 15 is 0 Å². The molecule has 0 aliphatic heterocycles. The highest BCUT2D eigenvalue weighted by Gasteiger charge is 2.11. The van der Waals surface area contributed by atoms with Crippen molar-refractivity contribution in [3.8, 4) is 0 Å². The van der Waals surface area contributed by atoms with Gasteiger partial charge in [0.25, 0.3) is 0 Å². The van der Waals surface area contributed by atoms with Gasteiger partial charge in [-0.1, -0.05) is 17.7 Å². The summed E-state index contributed by atoms with van der Waals surface area (Å²) >= 11 is 5.95. The molecule has 3 rings (SSSR count). The lowest BCUT2D eigenvalue weighted by Crippen LogP contribution is -2.08. The van der Waals surface area contributed by atoms with Gasteiger partial charge in [-0.2, -0.15) is 0 Å². The molecule has 1 aromatic carbocycles. The van der Waals surface area contributed by atoms with E-state index in [4.69, 9.17) is 11.6 Å². The predicted molar refractivity (Wildman–Crippen MR) is 73.4 cm³/mol. The number of anilines is 2. The van der Waals surface area contributed by atoms with Gasteiger partial charge in [0.2, 0.25) is 5.95 Å². The highest BCUT2D eigenvalue weighted by molar-refractivity contribution is 6.30. The van der Waals surface area contributed by atoms with E-state index in [0.717, 1.165) is 18.5 Å². The largest absolute Gasteiger partial charge is 0.324 e. The molecule has 0 bridgehead atoms. The van der Waals surface area contributed by atoms with E-state index in [9.17, 15) is 0 Å². The molecular formula is C14H14ClN3. The number of aryl methyl sites for hydroxylation is 2. The van der Waals surface area contributed by atoms with Gasteiger partial charge in [0.15, 0.2) is 0 Å². The van der Waals surface area contributed by atoms with Crippen molar-refractivity contribution in [1.29, 1.82) is 0 Å². The monoisotopic (exact) mass is 259 g/mol. The Balaban J connectivity index is 1.85. The quantitative estimate of drug-likeness (QED) is 0.893. The molecule has 1 aliphatic carbocycles. The van der Waals surface area contributed by atoms with E-state index < -0.39 is 0 Å². The minimum Gasteiger partial charge on any atom is -0.324 e. The van der Waals surface area contributed by atoms with Crippen LogP contribution in [0.2, 0.25) is 5.02 Å². The van der Waals surface area contributed by atoms with Crippen LogP contribution in [-0.2, 0) is 12.8 Å². The third-order valence-electron chi connectivity index (χ3n) is 3.14. The number of aromatic nitrogens is 2. The van der Waals surface area contributed by atoms with Gasteiger partial charge in [-0.05, 0) is 49.4 Å². The number of nitrogens with one attached hydrogen (secondary N) is 1. The number of benzene rings is 1. The van der Waals surface area contributed by atoms with E-state index in [-0.39, 0.29) is 0 Å². The van der Waals surface area contributed by atoms with Crippen LogP contribution in [0.25, 0.3) is 0 Å². The zero-order chi connectivity index (χ0) is 12.4. The maximum absolute atomic E-state index is 5.95. The van der Waals surface area contributed by atoms with Crippen LogP contribution in [0.1, 0.15) is 24.1 Å². The van der Waals surface area contributed by atoms with Gasteiger partial charge in [0.1, 0.15) is 0 Å². The van der Waals surface area contributed by atoms with Crippen LogP contribution in [0.5, 0.6) is 0 Å². The van der Waals surface area contributed by atoms with Crippen molar-refractivity contribution in [1.82, 2.24) is 9.97 Å². The van der Waals surface area contributed by atoms with Gasteiger partial charge >= 0.3 is 0 Å². The Bertz CT molecular complexity index is 569. The fourth-order valence-electron chi connectivity index (χ4n) is 2.23. The Hall–Kier alpha value is -1.61. The Kier molecular flexibility index (Phi) is 3.15. The topological polar surface area (TPSA) is 37.8 Å². The van der Waals surface area contributed by atoms with Crippen molar-refractivity contribution in [2.24, 2.45) is 0 Å². The Morgan fingerprint density at radius 1 is 1.17 bits per heavy atom. The summed E-state index contributed by atoms with van der Waals surface area (Å²) < 4.78 is 0. The first-order valence-electron chi connectivity index (χ1n) is 6.19. The lowest BCUT2D eigenvalue weighted by Gasteiger charge is -2.15. The first-order chi connectivity index (χ1) is 8.81. The fourth-order valence-corrected chi connectivity index (χ4v) is 2.42. The molecule has 0 spiro atoms. The Labute approximate surface area is 111 Å². The van der Waals surface area contributed by atoms with Crippen LogP contribution < -0.4 is 5.32 Å². The number of rotatable bonds is 2. The molecule has 0 saturated heterocycles. The first-order valence-corrected chi connectivity index (χ1v) is 6.56. The van der Waals surface area contributed by atoms with Crippen LogP contribution >= 0.6 is 11.6 Å². The van der Waals surface area contributed by atoms with E-state index in [1.165, 1.54) is 24.1 Å². The van der Waals surface area contributed by atoms with Crippen molar-refractivity contribution < 1.29 is 0 Å². The summed E-state index contributed by atoms with van der Waals surface area (Å²) in [6, 6.07) is 7.57. The molecule has 1 N–H and O–H groups in total. The normalized spacial score (nSPS) is 14.1. The van der Waals surface area contributed by atoms with Gasteiger partial charge in [0.05, 0.1) is 0 Å². The predicted octanol–water partition coefficient (Wildman–Crippen LogP) is 3.75. The molecule has 1 aliphatic rings. The highest BCUT2D eigenvalue weighted by Crippen LogP contribution is 2.22. The smallest absolute Gasteiger partial charge is 0.227 e. The van der Waals surface area contributed by atoms with Crippen LogP contribution in [0.4, 0.5) is 11.6 Å². The lowest BCUT2D eigenvalue weighted by atomic mass is 9.98. The molecule has 0 atom stereocenters. The Morgan fingerprint density at radius 2 is 2.06 bits per heavy atom. The van der Waals surface area contributed by atoms with Crippen molar-refractivity contribution in [2.75, 3.05) is 5.32 Å². The number of nitrogens with zero attached hydrogens (tertiary/aromatic N) is 2. The van der Waals surface area contributed by atoms with Crippen LogP contribution in [-0.4, -0.2) is 9.97 Å². The van der Waals surface area contributed by atoms with E-state index in [0.29, 0.717) is 11.0 Å². The average Bonchev–Trinajstić information content (AvgIpc) is 2.39. The fraction of sp³-hybridized carbons (Fsp3) is 0.286. The van der Waals surface area contributed by atoms with Crippen molar-refractivity contribution in [2.45, 2.75) is 25.7 Å². The molecule has 4 heteroatoms. The molecule has 2 aromatic rings. The summed E-state index contributed by atoms with van der Waals surface area (Å²) in [7, 11) is 0. The maximum atomic E-state index is 5.95. The summed E-state index contributed by atoms with van der Waals surface area (Å²) in [4.78, 5) is 8.92. The molecule has 0 unspecified atom stereocenters. The minimum atomic E-state index is 0.651. The standard InChI is InChI=1S/C14H14ClN3/c15-11-5-3-6-12(8-11)17-14-16-9-10-4-1-2-7-13(10)18-14/h3,5-6,8-9H,1-2,4,7H2,(H,16,17,18). The van der Waals surface area contributed by atoms with E-state index in [1.807, 2.05) is 30.5 Å². The third-order valence-corrected chi connectivity index (χ3v) is 3.38. The second-order valence-electron chi connectivity index (χ2n) is 4.51. The zero-order valence-electron chi connectivity index (χ0n) is 9.99. The number of fused-ring (bicyclic) bond motifs is 1. The SMILES string of the molecule is Clc1cccc(Nc2ncc3c(n2)CCCC3)c1. The molecule has 0 saturated carbocycles. The summed E-state index contributed by atoms with van der Waals surface area (Å²) in [5.41, 5.74) is 3.39. The first kappa shape index (κ1) is 11.5. The second-order valence-corrected chi connectivity index (χ2v) is 4.94. The maximum Gasteiger partial charge on any atom is 0.227 e. The molecule has 1 aromatic heterocycles. The summed E-state index contributed by atoms with van der Waals surface area (Å²) in [5.74, 6) is 0.651. The summed E-state index contributed by atoms with van der Waals surface area (Å²) in [6.45, 7) is 0. The highest BCUT2D eigenvalue weighted by atomic mass is 35.5. The van der Waals surface area contributed by atoms with Crippen molar-refractivity contribution in [3.63, 3.8) is 0 Å². The molecule has 3 nitrogen and oxygen atoms in total. The minimum absolute atomic E-state index is 0.651. The van der Waals surface area contributed by atoms with Gasteiger partial charge in [-0.25, -0.2) is 9.97 Å². The zero-order valence-corrected chi connectivity index (χ0v) is 10.7. The van der Waals surface area contributed by atoms with E-state index in [2.05, 4.69) is 15.3 Å². The van der Waals surface area contributed by atoms with Crippen LogP contribution in [0.15, 0.2) is 30.5 Å². The van der Waals surface area contributed by atoms with Crippen molar-refractivity contribution >= 4 is 23.2 Å². The van der Waals surface area contributed by atoms with Crippen molar-refractivity contribution in [3.05, 3.63) is 46.7 Å². The van der Waals surface area contributed by atoms with Crippen LogP contribution in [0.3, 0.4) is 0 Å². The van der Waals surface area contributed by atoms with Gasteiger partial charge < -0.3 is 5.32 Å². The van der Waals surface area contributed by atoms with E-state index in [1.54, 1.807) is 0 Å². The van der Waals surface area contributed by atoms with Gasteiger partial charge in [-0.15, -0.1) is 0 Å². The molecule has 1 heterocycles. The summed E-state index contributed by atoms with van der Waals surface area (Å²) in [5, 5.41) is 3.89. The molecule has 92 valence electrons. The average molecular weight is 260 g/mol. The van der Waals surface area contributed by atoms with Crippen LogP contribution in [0, 0.1) is 0 Å². The molecule has 18 heavy (non-hydrogen) atoms. The number of halogens is 1. The summed E-state index contributed by atoms with van der Waals surface area (Å²) in [6.07, 6.45) is 6.57. The Morgan fingerprint density at radius 3 is 2.94 bits per heavy atom. The van der Waals surface area contributed by atoms with Gasteiger partial charge in [0, 0.05) is 22.6 Å². The number of hydrogen-bond acceptors (Lipinski definition) is 3. The second kappa shape index (κ2) is 4.94. The van der Waals surface area contributed by atoms with Gasteiger partial charge in [-0.3, -0.25) is 0 Å². The lowest BCUT2D eigenvalue weighted by molar-refractivity contribution is 0.663. The molecule has 0 fully saturated rings. The molecule has 0 radical (unpaired) electrons. The third kappa shape index (κ3) is 2.46.